The highest BCUT2D eigenvalue weighted by Crippen LogP contribution is 2.25. The van der Waals surface area contributed by atoms with Gasteiger partial charge in [0, 0.05) is 42.0 Å². The average Bonchev–Trinajstić information content (AvgIpc) is 3.18. The quantitative estimate of drug-likeness (QED) is 0.616. The smallest absolute Gasteiger partial charge is 0.257 e. The van der Waals surface area contributed by atoms with Crippen LogP contribution in [0.5, 0.6) is 0 Å². The highest BCUT2D eigenvalue weighted by Gasteiger charge is 2.23. The Morgan fingerprint density at radius 2 is 1.97 bits per heavy atom. The van der Waals surface area contributed by atoms with Crippen LogP contribution in [-0.2, 0) is 10.0 Å². The lowest BCUT2D eigenvalue weighted by atomic mass is 10.1. The molecule has 0 fully saturated rings. The first-order chi connectivity index (χ1) is 13.9. The van der Waals surface area contributed by atoms with Gasteiger partial charge in [0.15, 0.2) is 5.13 Å². The van der Waals surface area contributed by atoms with E-state index in [0.717, 1.165) is 5.56 Å². The lowest BCUT2D eigenvalue weighted by Crippen LogP contribution is -2.30. The van der Waals surface area contributed by atoms with Gasteiger partial charge in [0.05, 0.1) is 10.6 Å². The molecular formula is C20H22N4O3S2. The molecule has 2 aromatic heterocycles. The SMILES string of the molecule is CCN(CC)S(=O)(=O)c1ccc(C)c(C(=O)Nc2nc(-c3cccnc3)cs2)c1. The number of pyridine rings is 1. The average molecular weight is 431 g/mol. The molecule has 2 heterocycles. The Kier molecular flexibility index (Phi) is 6.41. The van der Waals surface area contributed by atoms with Crippen molar-refractivity contribution in [2.75, 3.05) is 18.4 Å². The van der Waals surface area contributed by atoms with Crippen molar-refractivity contribution in [3.63, 3.8) is 0 Å². The molecule has 9 heteroatoms. The summed E-state index contributed by atoms with van der Waals surface area (Å²) in [5, 5.41) is 5.03. The van der Waals surface area contributed by atoms with Gasteiger partial charge in [0.1, 0.15) is 0 Å². The molecule has 0 bridgehead atoms. The van der Waals surface area contributed by atoms with Crippen LogP contribution in [0, 0.1) is 6.92 Å². The number of aryl methyl sites for hydroxylation is 1. The Labute approximate surface area is 174 Å². The van der Waals surface area contributed by atoms with Gasteiger partial charge in [-0.1, -0.05) is 19.9 Å². The molecule has 3 rings (SSSR count). The lowest BCUT2D eigenvalue weighted by molar-refractivity contribution is 0.102. The monoisotopic (exact) mass is 430 g/mol. The van der Waals surface area contributed by atoms with E-state index in [1.807, 2.05) is 17.5 Å². The third-order valence-electron chi connectivity index (χ3n) is 4.48. The van der Waals surface area contributed by atoms with Crippen molar-refractivity contribution in [1.29, 1.82) is 0 Å². The molecule has 0 spiro atoms. The highest BCUT2D eigenvalue weighted by molar-refractivity contribution is 7.89. The number of hydrogen-bond acceptors (Lipinski definition) is 6. The molecule has 0 aliphatic heterocycles. The van der Waals surface area contributed by atoms with Gasteiger partial charge < -0.3 is 0 Å². The maximum atomic E-state index is 12.8. The van der Waals surface area contributed by atoms with E-state index in [4.69, 9.17) is 0 Å². The Morgan fingerprint density at radius 3 is 2.62 bits per heavy atom. The maximum Gasteiger partial charge on any atom is 0.257 e. The van der Waals surface area contributed by atoms with Gasteiger partial charge in [-0.2, -0.15) is 4.31 Å². The van der Waals surface area contributed by atoms with Crippen LogP contribution in [0.15, 0.2) is 53.0 Å². The molecule has 0 aliphatic rings. The number of rotatable bonds is 7. The van der Waals surface area contributed by atoms with Gasteiger partial charge in [-0.15, -0.1) is 11.3 Å². The number of hydrogen-bond donors (Lipinski definition) is 1. The first kappa shape index (κ1) is 21.1. The zero-order valence-corrected chi connectivity index (χ0v) is 18.0. The predicted octanol–water partition coefficient (Wildman–Crippen LogP) is 3.80. The van der Waals surface area contributed by atoms with Crippen molar-refractivity contribution < 1.29 is 13.2 Å². The second kappa shape index (κ2) is 8.81. The molecule has 7 nitrogen and oxygen atoms in total. The largest absolute Gasteiger partial charge is 0.298 e. The second-order valence-corrected chi connectivity index (χ2v) is 9.10. The fourth-order valence-corrected chi connectivity index (χ4v) is 5.06. The van der Waals surface area contributed by atoms with Crippen LogP contribution in [0.4, 0.5) is 5.13 Å². The van der Waals surface area contributed by atoms with Gasteiger partial charge in [0.25, 0.3) is 5.91 Å². The summed E-state index contributed by atoms with van der Waals surface area (Å²) in [6, 6.07) is 8.31. The molecule has 0 aliphatic carbocycles. The molecule has 0 atom stereocenters. The normalized spacial score (nSPS) is 11.6. The first-order valence-corrected chi connectivity index (χ1v) is 11.5. The fraction of sp³-hybridized carbons (Fsp3) is 0.250. The van der Waals surface area contributed by atoms with E-state index in [9.17, 15) is 13.2 Å². The number of amides is 1. The van der Waals surface area contributed by atoms with Gasteiger partial charge >= 0.3 is 0 Å². The van der Waals surface area contributed by atoms with Crippen molar-refractivity contribution in [3.05, 3.63) is 59.2 Å². The summed E-state index contributed by atoms with van der Waals surface area (Å²) in [5.74, 6) is -0.397. The highest BCUT2D eigenvalue weighted by atomic mass is 32.2. The van der Waals surface area contributed by atoms with E-state index in [-0.39, 0.29) is 4.90 Å². The summed E-state index contributed by atoms with van der Waals surface area (Å²) in [6.07, 6.45) is 3.38. The number of thiazole rings is 1. The van der Waals surface area contributed by atoms with Crippen LogP contribution in [0.25, 0.3) is 11.3 Å². The molecule has 0 saturated carbocycles. The maximum absolute atomic E-state index is 12.8. The number of sulfonamides is 1. The zero-order chi connectivity index (χ0) is 21.0. The van der Waals surface area contributed by atoms with Crippen molar-refractivity contribution in [1.82, 2.24) is 14.3 Å². The molecule has 1 N–H and O–H groups in total. The topological polar surface area (TPSA) is 92.3 Å². The fourth-order valence-electron chi connectivity index (χ4n) is 2.86. The Bertz CT molecular complexity index is 1110. The molecule has 29 heavy (non-hydrogen) atoms. The van der Waals surface area contributed by atoms with Crippen LogP contribution >= 0.6 is 11.3 Å². The van der Waals surface area contributed by atoms with E-state index >= 15 is 0 Å². The number of carbonyl (C=O) groups excluding carboxylic acids is 1. The minimum absolute atomic E-state index is 0.104. The van der Waals surface area contributed by atoms with Gasteiger partial charge in [0.2, 0.25) is 10.0 Å². The van der Waals surface area contributed by atoms with Crippen LogP contribution in [0.2, 0.25) is 0 Å². The molecule has 0 saturated heterocycles. The third-order valence-corrected chi connectivity index (χ3v) is 7.28. The lowest BCUT2D eigenvalue weighted by Gasteiger charge is -2.19. The van der Waals surface area contributed by atoms with Gasteiger partial charge in [-0.3, -0.25) is 15.1 Å². The van der Waals surface area contributed by atoms with Crippen LogP contribution < -0.4 is 5.32 Å². The summed E-state index contributed by atoms with van der Waals surface area (Å²) in [6.45, 7) is 6.07. The molecule has 0 radical (unpaired) electrons. The molecule has 3 aromatic rings. The number of carbonyl (C=O) groups is 1. The first-order valence-electron chi connectivity index (χ1n) is 9.14. The van der Waals surface area contributed by atoms with Crippen molar-refractivity contribution in [2.24, 2.45) is 0 Å². The van der Waals surface area contributed by atoms with Gasteiger partial charge in [-0.05, 0) is 36.8 Å². The summed E-state index contributed by atoms with van der Waals surface area (Å²) in [5.41, 5.74) is 2.56. The van der Waals surface area contributed by atoms with Crippen molar-refractivity contribution in [3.8, 4) is 11.3 Å². The summed E-state index contributed by atoms with van der Waals surface area (Å²) in [7, 11) is -3.65. The van der Waals surface area contributed by atoms with Crippen molar-refractivity contribution in [2.45, 2.75) is 25.7 Å². The molecule has 152 valence electrons. The third kappa shape index (κ3) is 4.52. The van der Waals surface area contributed by atoms with E-state index < -0.39 is 15.9 Å². The van der Waals surface area contributed by atoms with Crippen LogP contribution in [-0.4, -0.2) is 41.7 Å². The van der Waals surface area contributed by atoms with Crippen molar-refractivity contribution >= 4 is 32.4 Å². The molecule has 1 aromatic carbocycles. The molecular weight excluding hydrogens is 408 g/mol. The second-order valence-electron chi connectivity index (χ2n) is 6.30. The summed E-state index contributed by atoms with van der Waals surface area (Å²) < 4.78 is 26.9. The minimum Gasteiger partial charge on any atom is -0.298 e. The number of benzene rings is 1. The van der Waals surface area contributed by atoms with E-state index in [0.29, 0.717) is 35.0 Å². The molecule has 1 amide bonds. The van der Waals surface area contributed by atoms with E-state index in [1.165, 1.54) is 27.8 Å². The van der Waals surface area contributed by atoms with E-state index in [1.54, 1.807) is 39.2 Å². The number of nitrogens with zero attached hydrogens (tertiary/aromatic N) is 3. The number of anilines is 1. The Hall–Kier alpha value is -2.62. The van der Waals surface area contributed by atoms with Crippen LogP contribution in [0.1, 0.15) is 29.8 Å². The number of aromatic nitrogens is 2. The number of nitrogens with one attached hydrogen (secondary N) is 1. The summed E-state index contributed by atoms with van der Waals surface area (Å²) in [4.78, 5) is 21.4. The predicted molar refractivity (Wildman–Crippen MR) is 115 cm³/mol. The summed E-state index contributed by atoms with van der Waals surface area (Å²) >= 11 is 1.30. The molecule has 0 unspecified atom stereocenters. The Morgan fingerprint density at radius 1 is 1.21 bits per heavy atom. The van der Waals surface area contributed by atoms with Crippen LogP contribution in [0.3, 0.4) is 0 Å². The Balaban J connectivity index is 1.86. The minimum atomic E-state index is -3.65. The standard InChI is InChI=1S/C20H22N4O3S2/c1-4-24(5-2)29(26,27)16-9-8-14(3)17(11-16)19(25)23-20-22-18(13-28-20)15-7-6-10-21-12-15/h6-13H,4-5H2,1-3H3,(H,22,23,25). The zero-order valence-electron chi connectivity index (χ0n) is 16.4. The van der Waals surface area contributed by atoms with E-state index in [2.05, 4.69) is 15.3 Å². The van der Waals surface area contributed by atoms with Gasteiger partial charge in [-0.25, -0.2) is 13.4 Å².